The van der Waals surface area contributed by atoms with Crippen LogP contribution < -0.4 is 0 Å². The lowest BCUT2D eigenvalue weighted by molar-refractivity contribution is 0.271. The molecule has 0 saturated carbocycles. The molecule has 0 atom stereocenters. The second-order valence-electron chi connectivity index (χ2n) is 12.2. The van der Waals surface area contributed by atoms with Crippen molar-refractivity contribution < 1.29 is 5.11 Å². The van der Waals surface area contributed by atoms with Crippen molar-refractivity contribution in [1.82, 2.24) is 24.5 Å². The highest BCUT2D eigenvalue weighted by molar-refractivity contribution is 6.30. The van der Waals surface area contributed by atoms with E-state index < -0.39 is 5.54 Å². The van der Waals surface area contributed by atoms with Gasteiger partial charge in [0.15, 0.2) is 5.15 Å². The number of unbranched alkanes of at least 4 members (excludes halogenated alkanes) is 1. The lowest BCUT2D eigenvalue weighted by Gasteiger charge is -2.35. The van der Waals surface area contributed by atoms with Crippen molar-refractivity contribution in [2.45, 2.75) is 44.9 Å². The predicted molar refractivity (Wildman–Crippen MR) is 196 cm³/mol. The summed E-state index contributed by atoms with van der Waals surface area (Å²) in [7, 11) is 0. The van der Waals surface area contributed by atoms with E-state index in [4.69, 9.17) is 21.9 Å². The molecule has 0 aliphatic heterocycles. The van der Waals surface area contributed by atoms with Crippen LogP contribution in [0.15, 0.2) is 146 Å². The van der Waals surface area contributed by atoms with E-state index in [0.717, 1.165) is 69.7 Å². The van der Waals surface area contributed by atoms with Gasteiger partial charge in [0.25, 0.3) is 0 Å². The summed E-state index contributed by atoms with van der Waals surface area (Å²) in [6, 6.07) is 48.4. The summed E-state index contributed by atoms with van der Waals surface area (Å²) in [6.07, 6.45) is 4.97. The maximum atomic E-state index is 10.0. The molecule has 244 valence electrons. The lowest BCUT2D eigenvalue weighted by Crippen LogP contribution is -2.38. The predicted octanol–water partition coefficient (Wildman–Crippen LogP) is 9.19. The van der Waals surface area contributed by atoms with Crippen LogP contribution in [0.4, 0.5) is 0 Å². The van der Waals surface area contributed by atoms with Crippen molar-refractivity contribution in [1.29, 1.82) is 0 Å². The first-order valence-electron chi connectivity index (χ1n) is 16.8. The minimum atomic E-state index is -0.745. The Morgan fingerprint density at radius 1 is 0.694 bits per heavy atom. The number of nitrogens with zero attached hydrogens (tertiary/aromatic N) is 5. The van der Waals surface area contributed by atoms with Crippen molar-refractivity contribution >= 4 is 11.6 Å². The SMILES string of the molecule is CCCCc1nc(Cl)c(CO)n1Cc1ccc(-c2ccccc2-c2cn(C(c3ccccc3)(c3ccccc3)c3ccccc3)nn2)cc1. The van der Waals surface area contributed by atoms with Crippen LogP contribution in [0.25, 0.3) is 22.4 Å². The molecule has 0 bridgehead atoms. The third-order valence-electron chi connectivity index (χ3n) is 9.23. The Balaban J connectivity index is 1.28. The lowest BCUT2D eigenvalue weighted by atomic mass is 9.77. The van der Waals surface area contributed by atoms with E-state index in [9.17, 15) is 5.11 Å². The van der Waals surface area contributed by atoms with Gasteiger partial charge in [-0.1, -0.05) is 170 Å². The highest BCUT2D eigenvalue weighted by atomic mass is 35.5. The monoisotopic (exact) mass is 663 g/mol. The second-order valence-corrected chi connectivity index (χ2v) is 12.6. The minimum Gasteiger partial charge on any atom is -0.390 e. The summed E-state index contributed by atoms with van der Waals surface area (Å²) in [5.74, 6) is 0.908. The molecule has 2 heterocycles. The molecule has 0 fully saturated rings. The summed E-state index contributed by atoms with van der Waals surface area (Å²) in [4.78, 5) is 4.56. The molecule has 0 saturated heterocycles. The van der Waals surface area contributed by atoms with Crippen LogP contribution in [0.1, 0.15) is 53.5 Å². The van der Waals surface area contributed by atoms with Crippen LogP contribution in [0.5, 0.6) is 0 Å². The van der Waals surface area contributed by atoms with Gasteiger partial charge in [-0.3, -0.25) is 0 Å². The molecule has 0 aliphatic rings. The molecule has 5 aromatic carbocycles. The maximum absolute atomic E-state index is 10.0. The van der Waals surface area contributed by atoms with Gasteiger partial charge in [-0.15, -0.1) is 5.10 Å². The van der Waals surface area contributed by atoms with E-state index in [1.54, 1.807) is 0 Å². The molecule has 7 rings (SSSR count). The van der Waals surface area contributed by atoms with E-state index >= 15 is 0 Å². The Kier molecular flexibility index (Phi) is 9.51. The standard InChI is InChI=1S/C42H38ClN5O/c1-2-3-23-40-44-41(43)39(30-49)47(40)28-31-24-26-32(27-25-31)36-21-13-14-22-37(36)38-29-48(46-45-38)42(33-15-7-4-8-16-33,34-17-9-5-10-18-34)35-19-11-6-12-20-35/h4-22,24-27,29,49H,2-3,23,28,30H2,1H3. The Hall–Kier alpha value is -5.30. The molecule has 0 spiro atoms. The molecule has 0 radical (unpaired) electrons. The van der Waals surface area contributed by atoms with Gasteiger partial charge in [-0.25, -0.2) is 9.67 Å². The molecule has 7 aromatic rings. The summed E-state index contributed by atoms with van der Waals surface area (Å²) >= 11 is 6.41. The smallest absolute Gasteiger partial charge is 0.152 e. The number of benzene rings is 5. The van der Waals surface area contributed by atoms with Crippen molar-refractivity contribution in [2.75, 3.05) is 0 Å². The third-order valence-corrected chi connectivity index (χ3v) is 9.53. The van der Waals surface area contributed by atoms with E-state index in [0.29, 0.717) is 17.4 Å². The van der Waals surface area contributed by atoms with Gasteiger partial charge in [-0.05, 0) is 39.8 Å². The molecule has 2 aromatic heterocycles. The van der Waals surface area contributed by atoms with Crippen molar-refractivity contribution in [2.24, 2.45) is 0 Å². The molecule has 1 N–H and O–H groups in total. The molecule has 0 amide bonds. The average Bonchev–Trinajstić information content (AvgIpc) is 3.77. The van der Waals surface area contributed by atoms with Gasteiger partial charge < -0.3 is 9.67 Å². The number of rotatable bonds is 12. The number of aryl methyl sites for hydroxylation is 1. The van der Waals surface area contributed by atoms with Crippen molar-refractivity contribution in [3.8, 4) is 22.4 Å². The first kappa shape index (κ1) is 32.3. The van der Waals surface area contributed by atoms with Crippen LogP contribution in [0, 0.1) is 0 Å². The number of imidazole rings is 1. The quantitative estimate of drug-likeness (QED) is 0.132. The zero-order valence-electron chi connectivity index (χ0n) is 27.5. The van der Waals surface area contributed by atoms with E-state index in [2.05, 4.69) is 138 Å². The van der Waals surface area contributed by atoms with Gasteiger partial charge >= 0.3 is 0 Å². The van der Waals surface area contributed by atoms with E-state index in [1.165, 1.54) is 0 Å². The molecular formula is C42H38ClN5O. The number of hydrogen-bond acceptors (Lipinski definition) is 4. The first-order valence-corrected chi connectivity index (χ1v) is 17.1. The zero-order valence-corrected chi connectivity index (χ0v) is 28.2. The molecule has 0 aliphatic carbocycles. The fourth-order valence-corrected chi connectivity index (χ4v) is 7.04. The Bertz CT molecular complexity index is 2030. The van der Waals surface area contributed by atoms with Gasteiger partial charge in [0.05, 0.1) is 18.5 Å². The highest BCUT2D eigenvalue weighted by Crippen LogP contribution is 2.41. The summed E-state index contributed by atoms with van der Waals surface area (Å²) in [5, 5.41) is 20.1. The molecular weight excluding hydrogens is 626 g/mol. The van der Waals surface area contributed by atoms with Crippen LogP contribution in [0.3, 0.4) is 0 Å². The summed E-state index contributed by atoms with van der Waals surface area (Å²) in [6.45, 7) is 2.60. The fourth-order valence-electron chi connectivity index (χ4n) is 6.78. The molecule has 49 heavy (non-hydrogen) atoms. The van der Waals surface area contributed by atoms with E-state index in [1.807, 2.05) is 28.9 Å². The third kappa shape index (κ3) is 6.21. The van der Waals surface area contributed by atoms with Crippen molar-refractivity contribution in [3.05, 3.63) is 185 Å². The fraction of sp³-hybridized carbons (Fsp3) is 0.167. The topological polar surface area (TPSA) is 68.8 Å². The largest absolute Gasteiger partial charge is 0.390 e. The van der Waals surface area contributed by atoms with Gasteiger partial charge in [0, 0.05) is 18.5 Å². The first-order chi connectivity index (χ1) is 24.1. The van der Waals surface area contributed by atoms with Crippen LogP contribution >= 0.6 is 11.6 Å². The van der Waals surface area contributed by atoms with Gasteiger partial charge in [-0.2, -0.15) is 0 Å². The van der Waals surface area contributed by atoms with Crippen LogP contribution in [0.2, 0.25) is 5.15 Å². The van der Waals surface area contributed by atoms with Crippen molar-refractivity contribution in [3.63, 3.8) is 0 Å². The maximum Gasteiger partial charge on any atom is 0.152 e. The Morgan fingerprint density at radius 3 is 1.80 bits per heavy atom. The van der Waals surface area contributed by atoms with Crippen LogP contribution in [-0.4, -0.2) is 29.7 Å². The number of aliphatic hydroxyl groups is 1. The highest BCUT2D eigenvalue weighted by Gasteiger charge is 2.39. The van der Waals surface area contributed by atoms with E-state index in [-0.39, 0.29) is 6.61 Å². The number of aromatic nitrogens is 5. The number of hydrogen-bond donors (Lipinski definition) is 1. The second kappa shape index (κ2) is 14.4. The van der Waals surface area contributed by atoms with Crippen LogP contribution in [-0.2, 0) is 25.1 Å². The normalized spacial score (nSPS) is 11.6. The molecule has 7 heteroatoms. The number of halogens is 1. The van der Waals surface area contributed by atoms with Gasteiger partial charge in [0.2, 0.25) is 0 Å². The summed E-state index contributed by atoms with van der Waals surface area (Å²) in [5.41, 5.74) is 8.21. The average molecular weight is 664 g/mol. The Labute approximate surface area is 292 Å². The summed E-state index contributed by atoms with van der Waals surface area (Å²) < 4.78 is 4.06. The number of aliphatic hydroxyl groups excluding tert-OH is 1. The molecule has 0 unspecified atom stereocenters. The zero-order chi connectivity index (χ0) is 33.6. The Morgan fingerprint density at radius 2 is 1.24 bits per heavy atom. The minimum absolute atomic E-state index is 0.149. The molecule has 6 nitrogen and oxygen atoms in total. The van der Waals surface area contributed by atoms with Gasteiger partial charge in [0.1, 0.15) is 17.1 Å².